The van der Waals surface area contributed by atoms with Gasteiger partial charge in [0.15, 0.2) is 8.07 Å². The van der Waals surface area contributed by atoms with Crippen LogP contribution in [0.4, 0.5) is 0 Å². The molecule has 0 spiro atoms. The van der Waals surface area contributed by atoms with Crippen LogP contribution in [-0.2, 0) is 0 Å². The van der Waals surface area contributed by atoms with Crippen molar-refractivity contribution >= 4 is 93.5 Å². The number of fused-ring (bicyclic) bond motifs is 12. The minimum absolute atomic E-state index is 1.30. The summed E-state index contributed by atoms with van der Waals surface area (Å²) >= 11 is 0. The van der Waals surface area contributed by atoms with Crippen molar-refractivity contribution in [2.45, 2.75) is 0 Å². The van der Waals surface area contributed by atoms with Gasteiger partial charge in [-0.2, -0.15) is 0 Å². The second kappa shape index (κ2) is 11.0. The molecule has 49 heavy (non-hydrogen) atoms. The Kier molecular flexibility index (Phi) is 6.30. The fourth-order valence-corrected chi connectivity index (χ4v) is 13.4. The SMILES string of the molecule is c1ccc([Si](c2ccccc2)(c2ccc3c4ccccc4c4ccccc4c3c2)c2ccc3c4ccccc4c4ccccc4c3c2)cc1. The van der Waals surface area contributed by atoms with Gasteiger partial charge in [0, 0.05) is 0 Å². The van der Waals surface area contributed by atoms with E-state index in [0.29, 0.717) is 0 Å². The van der Waals surface area contributed by atoms with E-state index in [4.69, 9.17) is 0 Å². The van der Waals surface area contributed by atoms with E-state index in [1.54, 1.807) is 0 Å². The van der Waals surface area contributed by atoms with Gasteiger partial charge in [0.2, 0.25) is 0 Å². The molecule has 228 valence electrons. The number of hydrogen-bond acceptors (Lipinski definition) is 0. The van der Waals surface area contributed by atoms with E-state index in [0.717, 1.165) is 0 Å². The molecule has 0 aliphatic rings. The van der Waals surface area contributed by atoms with Crippen LogP contribution in [0.15, 0.2) is 194 Å². The highest BCUT2D eigenvalue weighted by atomic mass is 28.3. The van der Waals surface area contributed by atoms with Gasteiger partial charge in [-0.25, -0.2) is 0 Å². The molecular formula is C48H32Si. The van der Waals surface area contributed by atoms with Crippen LogP contribution in [0.2, 0.25) is 0 Å². The topological polar surface area (TPSA) is 0 Å². The molecule has 0 amide bonds. The first kappa shape index (κ1) is 28.0. The van der Waals surface area contributed by atoms with Gasteiger partial charge in [-0.05, 0) is 85.4 Å². The van der Waals surface area contributed by atoms with E-state index in [1.807, 2.05) is 0 Å². The number of benzene rings is 10. The first-order chi connectivity index (χ1) is 24.3. The van der Waals surface area contributed by atoms with Crippen LogP contribution in [-0.4, -0.2) is 8.07 Å². The van der Waals surface area contributed by atoms with Crippen LogP contribution in [0.3, 0.4) is 0 Å². The van der Waals surface area contributed by atoms with Gasteiger partial charge < -0.3 is 0 Å². The van der Waals surface area contributed by atoms with E-state index >= 15 is 0 Å². The predicted octanol–water partition coefficient (Wildman–Crippen LogP) is 9.98. The monoisotopic (exact) mass is 636 g/mol. The third-order valence-corrected chi connectivity index (χ3v) is 15.5. The van der Waals surface area contributed by atoms with Gasteiger partial charge >= 0.3 is 0 Å². The van der Waals surface area contributed by atoms with Crippen molar-refractivity contribution in [3.8, 4) is 0 Å². The Bertz CT molecular complexity index is 2600. The Morgan fingerprint density at radius 2 is 0.429 bits per heavy atom. The molecule has 0 nitrogen and oxygen atoms in total. The normalized spacial score (nSPS) is 12.1. The average Bonchev–Trinajstić information content (AvgIpc) is 3.19. The second-order valence-corrected chi connectivity index (χ2v) is 17.0. The summed E-state index contributed by atoms with van der Waals surface area (Å²) in [6, 6.07) is 73.0. The molecule has 0 aliphatic carbocycles. The zero-order valence-corrected chi connectivity index (χ0v) is 28.0. The van der Waals surface area contributed by atoms with Crippen LogP contribution in [0.1, 0.15) is 0 Å². The van der Waals surface area contributed by atoms with Crippen LogP contribution in [0, 0.1) is 0 Å². The number of rotatable bonds is 4. The second-order valence-electron chi connectivity index (χ2n) is 13.2. The molecule has 1 heteroatoms. The fraction of sp³-hybridized carbons (Fsp3) is 0. The lowest BCUT2D eigenvalue weighted by molar-refractivity contribution is 1.69. The minimum atomic E-state index is -2.84. The molecule has 0 saturated carbocycles. The van der Waals surface area contributed by atoms with Crippen LogP contribution < -0.4 is 20.7 Å². The lowest BCUT2D eigenvalue weighted by Gasteiger charge is -2.35. The van der Waals surface area contributed by atoms with Gasteiger partial charge in [-0.15, -0.1) is 0 Å². The third-order valence-electron chi connectivity index (χ3n) is 10.8. The molecule has 0 saturated heterocycles. The highest BCUT2D eigenvalue weighted by Gasteiger charge is 2.42. The summed E-state index contributed by atoms with van der Waals surface area (Å²) in [6.07, 6.45) is 0. The lowest BCUT2D eigenvalue weighted by Crippen LogP contribution is -2.74. The van der Waals surface area contributed by atoms with Gasteiger partial charge in [-0.1, -0.05) is 194 Å². The molecule has 0 N–H and O–H groups in total. The maximum atomic E-state index is 2.54. The Morgan fingerprint density at radius 1 is 0.184 bits per heavy atom. The summed E-state index contributed by atoms with van der Waals surface area (Å²) < 4.78 is 0. The van der Waals surface area contributed by atoms with E-state index in [2.05, 4.69) is 194 Å². The predicted molar refractivity (Wildman–Crippen MR) is 215 cm³/mol. The fourth-order valence-electron chi connectivity index (χ4n) is 8.66. The molecule has 0 heterocycles. The van der Waals surface area contributed by atoms with E-state index in [-0.39, 0.29) is 0 Å². The first-order valence-corrected chi connectivity index (χ1v) is 19.1. The molecule has 0 aliphatic heterocycles. The summed E-state index contributed by atoms with van der Waals surface area (Å²) in [5.74, 6) is 0. The van der Waals surface area contributed by atoms with Crippen LogP contribution >= 0.6 is 0 Å². The molecule has 0 bridgehead atoms. The van der Waals surface area contributed by atoms with Crippen molar-refractivity contribution in [2.75, 3.05) is 0 Å². The lowest BCUT2D eigenvalue weighted by atomic mass is 9.94. The van der Waals surface area contributed by atoms with Gasteiger partial charge in [0.05, 0.1) is 0 Å². The molecule has 0 aromatic heterocycles. The summed E-state index contributed by atoms with van der Waals surface area (Å²) in [5.41, 5.74) is 0. The van der Waals surface area contributed by atoms with E-state index in [1.165, 1.54) is 85.4 Å². The summed E-state index contributed by atoms with van der Waals surface area (Å²) in [7, 11) is -2.84. The Balaban J connectivity index is 1.38. The zero-order chi connectivity index (χ0) is 32.4. The van der Waals surface area contributed by atoms with E-state index in [9.17, 15) is 0 Å². The zero-order valence-electron chi connectivity index (χ0n) is 27.0. The summed E-state index contributed by atoms with van der Waals surface area (Å²) in [6.45, 7) is 0. The van der Waals surface area contributed by atoms with Crippen molar-refractivity contribution in [3.63, 3.8) is 0 Å². The maximum Gasteiger partial charge on any atom is 0.179 e. The number of hydrogen-bond donors (Lipinski definition) is 0. The Morgan fingerprint density at radius 3 is 0.735 bits per heavy atom. The van der Waals surface area contributed by atoms with Crippen LogP contribution in [0.25, 0.3) is 64.6 Å². The molecule has 0 radical (unpaired) electrons. The highest BCUT2D eigenvalue weighted by molar-refractivity contribution is 7.20. The Labute approximate surface area is 286 Å². The smallest absolute Gasteiger partial charge is 0.0623 e. The molecule has 10 aromatic rings. The molecule has 0 atom stereocenters. The van der Waals surface area contributed by atoms with Crippen molar-refractivity contribution < 1.29 is 0 Å². The van der Waals surface area contributed by atoms with Gasteiger partial charge in [0.1, 0.15) is 0 Å². The van der Waals surface area contributed by atoms with Crippen molar-refractivity contribution in [1.29, 1.82) is 0 Å². The Hall–Kier alpha value is -6.02. The molecule has 10 rings (SSSR count). The third kappa shape index (κ3) is 4.10. The van der Waals surface area contributed by atoms with Gasteiger partial charge in [0.25, 0.3) is 0 Å². The summed E-state index contributed by atoms with van der Waals surface area (Å²) in [4.78, 5) is 0. The molecule has 0 unspecified atom stereocenters. The van der Waals surface area contributed by atoms with Crippen LogP contribution in [0.5, 0.6) is 0 Å². The maximum absolute atomic E-state index is 2.84. The summed E-state index contributed by atoms with van der Waals surface area (Å²) in [5, 5.41) is 21.2. The molecule has 0 fully saturated rings. The standard InChI is InChI=1S/C48H32Si/c1-3-15-33(16-4-1)49(34-17-5-2-6-18-34,35-27-29-45-41-23-9-7-19-37(41)39-21-11-13-25-43(39)47(45)31-35)36-28-30-46-42-24-10-8-20-38(42)40-22-12-14-26-44(40)48(46)32-36/h1-32H. The van der Waals surface area contributed by atoms with Gasteiger partial charge in [-0.3, -0.25) is 0 Å². The largest absolute Gasteiger partial charge is 0.179 e. The van der Waals surface area contributed by atoms with E-state index < -0.39 is 8.07 Å². The van der Waals surface area contributed by atoms with Crippen molar-refractivity contribution in [2.24, 2.45) is 0 Å². The quantitative estimate of drug-likeness (QED) is 0.102. The highest BCUT2D eigenvalue weighted by Crippen LogP contribution is 2.36. The minimum Gasteiger partial charge on any atom is -0.0623 e. The van der Waals surface area contributed by atoms with Crippen molar-refractivity contribution in [3.05, 3.63) is 194 Å². The van der Waals surface area contributed by atoms with Crippen molar-refractivity contribution in [1.82, 2.24) is 0 Å². The first-order valence-electron chi connectivity index (χ1n) is 17.1. The molecule has 10 aromatic carbocycles. The molecular weight excluding hydrogens is 605 g/mol. The average molecular weight is 637 g/mol.